The molecule has 19 heavy (non-hydrogen) atoms. The van der Waals surface area contributed by atoms with Gasteiger partial charge in [-0.3, -0.25) is 4.79 Å². The third-order valence-corrected chi connectivity index (χ3v) is 2.94. The molecule has 0 radical (unpaired) electrons. The first-order chi connectivity index (χ1) is 8.82. The molecule has 0 spiro atoms. The van der Waals surface area contributed by atoms with Crippen LogP contribution in [0, 0.1) is 5.82 Å². The Morgan fingerprint density at radius 2 is 2.05 bits per heavy atom. The standard InChI is InChI=1S/C14H20FNO3/c1-9(2)16(4)14(18)8-19-13-7-11(15)5-6-12(13)10(3)17/h5-7,9-10,17H,8H2,1-4H3/t10-/m1/s1. The van der Waals surface area contributed by atoms with Gasteiger partial charge in [-0.2, -0.15) is 0 Å². The minimum atomic E-state index is -0.784. The number of likely N-dealkylation sites (N-methyl/N-ethyl adjacent to an activating group) is 1. The molecule has 1 aromatic rings. The van der Waals surface area contributed by atoms with Gasteiger partial charge in [0.25, 0.3) is 5.91 Å². The molecule has 0 heterocycles. The molecule has 0 aliphatic heterocycles. The predicted octanol–water partition coefficient (Wildman–Crippen LogP) is 2.12. The fraction of sp³-hybridized carbons (Fsp3) is 0.500. The second-order valence-corrected chi connectivity index (χ2v) is 4.75. The fourth-order valence-electron chi connectivity index (χ4n) is 1.51. The van der Waals surface area contributed by atoms with E-state index in [2.05, 4.69) is 0 Å². The summed E-state index contributed by atoms with van der Waals surface area (Å²) in [6.07, 6.45) is -0.784. The van der Waals surface area contributed by atoms with Crippen LogP contribution >= 0.6 is 0 Å². The summed E-state index contributed by atoms with van der Waals surface area (Å²) in [5, 5.41) is 9.56. The highest BCUT2D eigenvalue weighted by atomic mass is 19.1. The lowest BCUT2D eigenvalue weighted by molar-refractivity contribution is -0.133. The molecule has 1 N–H and O–H groups in total. The molecular weight excluding hydrogens is 249 g/mol. The minimum absolute atomic E-state index is 0.0693. The van der Waals surface area contributed by atoms with Gasteiger partial charge in [0.15, 0.2) is 6.61 Å². The molecular formula is C14H20FNO3. The molecule has 1 rings (SSSR count). The van der Waals surface area contributed by atoms with Crippen LogP contribution < -0.4 is 4.74 Å². The molecule has 0 fully saturated rings. The van der Waals surface area contributed by atoms with Gasteiger partial charge in [0.05, 0.1) is 6.10 Å². The van der Waals surface area contributed by atoms with Crippen LogP contribution in [0.15, 0.2) is 18.2 Å². The molecule has 0 saturated heterocycles. The monoisotopic (exact) mass is 269 g/mol. The lowest BCUT2D eigenvalue weighted by atomic mass is 10.1. The number of benzene rings is 1. The summed E-state index contributed by atoms with van der Waals surface area (Å²) in [5.74, 6) is -0.472. The Balaban J connectivity index is 2.77. The third-order valence-electron chi connectivity index (χ3n) is 2.94. The second kappa shape index (κ2) is 6.52. The molecule has 5 heteroatoms. The zero-order valence-electron chi connectivity index (χ0n) is 11.7. The predicted molar refractivity (Wildman–Crippen MR) is 70.4 cm³/mol. The molecule has 106 valence electrons. The molecule has 1 aromatic carbocycles. The number of nitrogens with zero attached hydrogens (tertiary/aromatic N) is 1. The van der Waals surface area contributed by atoms with E-state index in [4.69, 9.17) is 4.74 Å². The molecule has 1 amide bonds. The zero-order chi connectivity index (χ0) is 14.6. The number of carbonyl (C=O) groups excluding carboxylic acids is 1. The number of rotatable bonds is 5. The maximum atomic E-state index is 13.2. The van der Waals surface area contributed by atoms with Gasteiger partial charge >= 0.3 is 0 Å². The van der Waals surface area contributed by atoms with Crippen molar-refractivity contribution in [1.82, 2.24) is 4.90 Å². The van der Waals surface area contributed by atoms with E-state index in [0.717, 1.165) is 0 Å². The van der Waals surface area contributed by atoms with Gasteiger partial charge in [0.1, 0.15) is 11.6 Å². The van der Waals surface area contributed by atoms with Crippen molar-refractivity contribution < 1.29 is 19.0 Å². The summed E-state index contributed by atoms with van der Waals surface area (Å²) in [7, 11) is 1.68. The molecule has 0 aliphatic rings. The van der Waals surface area contributed by atoms with Crippen LogP contribution in [-0.2, 0) is 4.79 Å². The van der Waals surface area contributed by atoms with Crippen molar-refractivity contribution in [3.8, 4) is 5.75 Å². The number of carbonyl (C=O) groups is 1. The van der Waals surface area contributed by atoms with E-state index < -0.39 is 11.9 Å². The highest BCUT2D eigenvalue weighted by Gasteiger charge is 2.15. The summed E-state index contributed by atoms with van der Waals surface area (Å²) >= 11 is 0. The lowest BCUT2D eigenvalue weighted by Crippen LogP contribution is -2.36. The van der Waals surface area contributed by atoms with E-state index in [0.29, 0.717) is 5.56 Å². The Hall–Kier alpha value is -1.62. The summed E-state index contributed by atoms with van der Waals surface area (Å²) in [6, 6.07) is 3.94. The van der Waals surface area contributed by atoms with Crippen molar-refractivity contribution >= 4 is 5.91 Å². The largest absolute Gasteiger partial charge is 0.483 e. The molecule has 1 atom stereocenters. The van der Waals surface area contributed by atoms with Crippen LogP contribution in [0.4, 0.5) is 4.39 Å². The Kier molecular flexibility index (Phi) is 5.30. The van der Waals surface area contributed by atoms with Crippen LogP contribution in [0.25, 0.3) is 0 Å². The van der Waals surface area contributed by atoms with E-state index in [-0.39, 0.29) is 24.3 Å². The number of halogens is 1. The normalized spacial score (nSPS) is 12.4. The summed E-state index contributed by atoms with van der Waals surface area (Å²) in [5.41, 5.74) is 0.460. The Morgan fingerprint density at radius 1 is 1.42 bits per heavy atom. The van der Waals surface area contributed by atoms with Crippen molar-refractivity contribution in [2.45, 2.75) is 32.9 Å². The van der Waals surface area contributed by atoms with Gasteiger partial charge < -0.3 is 14.7 Å². The van der Waals surface area contributed by atoms with Crippen molar-refractivity contribution in [3.63, 3.8) is 0 Å². The maximum absolute atomic E-state index is 13.2. The highest BCUT2D eigenvalue weighted by molar-refractivity contribution is 5.77. The topological polar surface area (TPSA) is 49.8 Å². The number of ether oxygens (including phenoxy) is 1. The van der Waals surface area contributed by atoms with Gasteiger partial charge in [-0.05, 0) is 32.9 Å². The number of hydrogen-bond donors (Lipinski definition) is 1. The van der Waals surface area contributed by atoms with Crippen molar-refractivity contribution in [2.24, 2.45) is 0 Å². The van der Waals surface area contributed by atoms with Gasteiger partial charge in [-0.25, -0.2) is 4.39 Å². The van der Waals surface area contributed by atoms with Crippen molar-refractivity contribution in [2.75, 3.05) is 13.7 Å². The van der Waals surface area contributed by atoms with Crippen LogP contribution in [0.2, 0.25) is 0 Å². The van der Waals surface area contributed by atoms with E-state index in [1.165, 1.54) is 18.2 Å². The Morgan fingerprint density at radius 3 is 2.58 bits per heavy atom. The first kappa shape index (κ1) is 15.4. The fourth-order valence-corrected chi connectivity index (χ4v) is 1.51. The quantitative estimate of drug-likeness (QED) is 0.890. The SMILES string of the molecule is CC(C)N(C)C(=O)COc1cc(F)ccc1[C@@H](C)O. The number of aliphatic hydroxyl groups is 1. The molecule has 0 bridgehead atoms. The van der Waals surface area contributed by atoms with Gasteiger partial charge in [0.2, 0.25) is 0 Å². The first-order valence-corrected chi connectivity index (χ1v) is 6.19. The first-order valence-electron chi connectivity index (χ1n) is 6.19. The molecule has 0 saturated carbocycles. The maximum Gasteiger partial charge on any atom is 0.260 e. The average molecular weight is 269 g/mol. The van der Waals surface area contributed by atoms with Crippen molar-refractivity contribution in [3.05, 3.63) is 29.6 Å². The van der Waals surface area contributed by atoms with Gasteiger partial charge in [-0.15, -0.1) is 0 Å². The van der Waals surface area contributed by atoms with Crippen LogP contribution in [0.1, 0.15) is 32.4 Å². The molecule has 0 aliphatic carbocycles. The average Bonchev–Trinajstić information content (AvgIpc) is 2.34. The minimum Gasteiger partial charge on any atom is -0.483 e. The molecule has 0 unspecified atom stereocenters. The molecule has 0 aromatic heterocycles. The number of aliphatic hydroxyl groups excluding tert-OH is 1. The van der Waals surface area contributed by atoms with E-state index in [1.807, 2.05) is 13.8 Å². The van der Waals surface area contributed by atoms with E-state index >= 15 is 0 Å². The Bertz CT molecular complexity index is 446. The van der Waals surface area contributed by atoms with Crippen LogP contribution in [0.5, 0.6) is 5.75 Å². The number of amides is 1. The third kappa shape index (κ3) is 4.21. The smallest absolute Gasteiger partial charge is 0.260 e. The summed E-state index contributed by atoms with van der Waals surface area (Å²) in [6.45, 7) is 5.16. The summed E-state index contributed by atoms with van der Waals surface area (Å²) in [4.78, 5) is 13.3. The van der Waals surface area contributed by atoms with Crippen LogP contribution in [0.3, 0.4) is 0 Å². The highest BCUT2D eigenvalue weighted by Crippen LogP contribution is 2.26. The zero-order valence-corrected chi connectivity index (χ0v) is 11.7. The lowest BCUT2D eigenvalue weighted by Gasteiger charge is -2.22. The molecule has 4 nitrogen and oxygen atoms in total. The van der Waals surface area contributed by atoms with E-state index in [9.17, 15) is 14.3 Å². The number of hydrogen-bond acceptors (Lipinski definition) is 3. The second-order valence-electron chi connectivity index (χ2n) is 4.75. The Labute approximate surface area is 112 Å². The van der Waals surface area contributed by atoms with E-state index in [1.54, 1.807) is 18.9 Å². The van der Waals surface area contributed by atoms with Crippen LogP contribution in [-0.4, -0.2) is 35.6 Å². The van der Waals surface area contributed by atoms with Gasteiger partial charge in [0, 0.05) is 24.7 Å². The van der Waals surface area contributed by atoms with Crippen molar-refractivity contribution in [1.29, 1.82) is 0 Å². The van der Waals surface area contributed by atoms with Gasteiger partial charge in [-0.1, -0.05) is 0 Å². The summed E-state index contributed by atoms with van der Waals surface area (Å²) < 4.78 is 18.5.